The number of hydrogen-bond donors (Lipinski definition) is 1. The summed E-state index contributed by atoms with van der Waals surface area (Å²) in [6, 6.07) is 9.78. The van der Waals surface area contributed by atoms with Crippen LogP contribution in [0, 0.1) is 5.92 Å². The Labute approximate surface area is 113 Å². The standard InChI is InChI=1S/C14H17NO3S/c16-14(13-8-10-19(17,18)11-13)15-9-4-7-12-5-2-1-3-6-12/h1-7,13H,8-11H2,(H,15,16). The van der Waals surface area contributed by atoms with E-state index in [1.165, 1.54) is 0 Å². The normalized spacial score (nSPS) is 21.6. The van der Waals surface area contributed by atoms with Crippen molar-refractivity contribution in [2.75, 3.05) is 18.1 Å². The zero-order chi connectivity index (χ0) is 13.7. The molecule has 19 heavy (non-hydrogen) atoms. The second-order valence-corrected chi connectivity index (χ2v) is 6.89. The monoisotopic (exact) mass is 279 g/mol. The Hall–Kier alpha value is -1.62. The van der Waals surface area contributed by atoms with Crippen LogP contribution >= 0.6 is 0 Å². The second kappa shape index (κ2) is 6.02. The molecule has 102 valence electrons. The fourth-order valence-electron chi connectivity index (χ4n) is 2.06. The van der Waals surface area contributed by atoms with E-state index in [9.17, 15) is 13.2 Å². The van der Waals surface area contributed by atoms with E-state index in [1.807, 2.05) is 42.5 Å². The van der Waals surface area contributed by atoms with Gasteiger partial charge in [0.1, 0.15) is 0 Å². The van der Waals surface area contributed by atoms with Crippen molar-refractivity contribution in [3.63, 3.8) is 0 Å². The van der Waals surface area contributed by atoms with Crippen LogP contribution in [0.25, 0.3) is 6.08 Å². The molecule has 2 rings (SSSR count). The second-order valence-electron chi connectivity index (χ2n) is 4.66. The Bertz CT molecular complexity index is 564. The van der Waals surface area contributed by atoms with E-state index < -0.39 is 9.84 Å². The highest BCUT2D eigenvalue weighted by molar-refractivity contribution is 7.91. The van der Waals surface area contributed by atoms with Gasteiger partial charge >= 0.3 is 0 Å². The van der Waals surface area contributed by atoms with Gasteiger partial charge in [0.15, 0.2) is 9.84 Å². The number of carbonyl (C=O) groups excluding carboxylic acids is 1. The molecule has 1 fully saturated rings. The molecule has 0 aromatic heterocycles. The van der Waals surface area contributed by atoms with Gasteiger partial charge in [-0.1, -0.05) is 42.5 Å². The van der Waals surface area contributed by atoms with Crippen LogP contribution in [0.1, 0.15) is 12.0 Å². The number of sulfone groups is 1. The van der Waals surface area contributed by atoms with Gasteiger partial charge in [-0.15, -0.1) is 0 Å². The molecule has 0 bridgehead atoms. The minimum absolute atomic E-state index is 0.0127. The Morgan fingerprint density at radius 1 is 1.32 bits per heavy atom. The van der Waals surface area contributed by atoms with Gasteiger partial charge in [-0.05, 0) is 12.0 Å². The molecule has 1 N–H and O–H groups in total. The van der Waals surface area contributed by atoms with Crippen LogP contribution < -0.4 is 5.32 Å². The lowest BCUT2D eigenvalue weighted by Gasteiger charge is -2.06. The molecular weight excluding hydrogens is 262 g/mol. The molecule has 1 aliphatic heterocycles. The molecule has 1 amide bonds. The average molecular weight is 279 g/mol. The van der Waals surface area contributed by atoms with Crippen LogP contribution in [-0.4, -0.2) is 32.4 Å². The molecule has 0 radical (unpaired) electrons. The van der Waals surface area contributed by atoms with Crippen molar-refractivity contribution in [2.24, 2.45) is 5.92 Å². The van der Waals surface area contributed by atoms with Crippen LogP contribution in [0.3, 0.4) is 0 Å². The van der Waals surface area contributed by atoms with Crippen molar-refractivity contribution < 1.29 is 13.2 Å². The first-order valence-corrected chi connectivity index (χ1v) is 8.09. The maximum atomic E-state index is 11.7. The van der Waals surface area contributed by atoms with E-state index in [-0.39, 0.29) is 23.3 Å². The predicted molar refractivity (Wildman–Crippen MR) is 75.2 cm³/mol. The molecule has 0 saturated carbocycles. The first kappa shape index (κ1) is 13.8. The summed E-state index contributed by atoms with van der Waals surface area (Å²) in [5, 5.41) is 2.74. The third-order valence-electron chi connectivity index (χ3n) is 3.11. The Balaban J connectivity index is 1.77. The minimum Gasteiger partial charge on any atom is -0.352 e. The first-order valence-electron chi connectivity index (χ1n) is 6.26. The van der Waals surface area contributed by atoms with E-state index >= 15 is 0 Å². The minimum atomic E-state index is -2.99. The van der Waals surface area contributed by atoms with Gasteiger partial charge in [-0.2, -0.15) is 0 Å². The van der Waals surface area contributed by atoms with Crippen molar-refractivity contribution in [3.05, 3.63) is 42.0 Å². The van der Waals surface area contributed by atoms with E-state index in [0.29, 0.717) is 13.0 Å². The van der Waals surface area contributed by atoms with Gasteiger partial charge in [0.25, 0.3) is 0 Å². The zero-order valence-corrected chi connectivity index (χ0v) is 11.4. The molecule has 1 atom stereocenters. The van der Waals surface area contributed by atoms with Crippen LogP contribution in [0.4, 0.5) is 0 Å². The summed E-state index contributed by atoms with van der Waals surface area (Å²) in [7, 11) is -2.99. The number of benzene rings is 1. The Morgan fingerprint density at radius 2 is 2.05 bits per heavy atom. The number of amides is 1. The van der Waals surface area contributed by atoms with Crippen LogP contribution in [-0.2, 0) is 14.6 Å². The SMILES string of the molecule is O=C(NCC=Cc1ccccc1)C1CCS(=O)(=O)C1. The fourth-order valence-corrected chi connectivity index (χ4v) is 3.81. The number of carbonyl (C=O) groups is 1. The number of hydrogen-bond acceptors (Lipinski definition) is 3. The van der Waals surface area contributed by atoms with Gasteiger partial charge in [-0.25, -0.2) is 8.42 Å². The van der Waals surface area contributed by atoms with Gasteiger partial charge in [0.2, 0.25) is 5.91 Å². The van der Waals surface area contributed by atoms with E-state index in [0.717, 1.165) is 5.56 Å². The summed E-state index contributed by atoms with van der Waals surface area (Å²) in [5.74, 6) is -0.430. The molecule has 1 saturated heterocycles. The lowest BCUT2D eigenvalue weighted by atomic mass is 10.1. The summed E-state index contributed by atoms with van der Waals surface area (Å²) in [5.41, 5.74) is 1.07. The molecule has 1 aromatic rings. The summed E-state index contributed by atoms with van der Waals surface area (Å²) in [6.07, 6.45) is 4.22. The fraction of sp³-hybridized carbons (Fsp3) is 0.357. The molecule has 4 nitrogen and oxygen atoms in total. The molecule has 1 aliphatic rings. The largest absolute Gasteiger partial charge is 0.352 e. The highest BCUT2D eigenvalue weighted by Gasteiger charge is 2.32. The van der Waals surface area contributed by atoms with Gasteiger partial charge < -0.3 is 5.32 Å². The van der Waals surface area contributed by atoms with Crippen LogP contribution in [0.2, 0.25) is 0 Å². The Morgan fingerprint density at radius 3 is 2.68 bits per heavy atom. The van der Waals surface area contributed by atoms with Crippen LogP contribution in [0.15, 0.2) is 36.4 Å². The molecule has 1 unspecified atom stereocenters. The molecule has 1 heterocycles. The average Bonchev–Trinajstić information content (AvgIpc) is 2.76. The first-order chi connectivity index (χ1) is 9.07. The maximum absolute atomic E-state index is 11.7. The number of rotatable bonds is 4. The number of nitrogens with one attached hydrogen (secondary N) is 1. The van der Waals surface area contributed by atoms with Crippen LogP contribution in [0.5, 0.6) is 0 Å². The summed E-state index contributed by atoms with van der Waals surface area (Å²) >= 11 is 0. The quantitative estimate of drug-likeness (QED) is 0.902. The van der Waals surface area contributed by atoms with Gasteiger partial charge in [0.05, 0.1) is 17.4 Å². The molecule has 1 aromatic carbocycles. The Kier molecular flexibility index (Phi) is 4.37. The molecule has 5 heteroatoms. The van der Waals surface area contributed by atoms with Crippen molar-refractivity contribution >= 4 is 21.8 Å². The lowest BCUT2D eigenvalue weighted by Crippen LogP contribution is -2.31. The maximum Gasteiger partial charge on any atom is 0.224 e. The van der Waals surface area contributed by atoms with Crippen molar-refractivity contribution in [1.82, 2.24) is 5.32 Å². The topological polar surface area (TPSA) is 63.2 Å². The van der Waals surface area contributed by atoms with Crippen molar-refractivity contribution in [1.29, 1.82) is 0 Å². The lowest BCUT2D eigenvalue weighted by molar-refractivity contribution is -0.124. The van der Waals surface area contributed by atoms with E-state index in [2.05, 4.69) is 5.32 Å². The van der Waals surface area contributed by atoms with Crippen molar-refractivity contribution in [3.8, 4) is 0 Å². The third kappa shape index (κ3) is 4.21. The van der Waals surface area contributed by atoms with Gasteiger partial charge in [-0.3, -0.25) is 4.79 Å². The predicted octanol–water partition coefficient (Wildman–Crippen LogP) is 1.25. The van der Waals surface area contributed by atoms with Gasteiger partial charge in [0, 0.05) is 6.54 Å². The highest BCUT2D eigenvalue weighted by atomic mass is 32.2. The molecule has 0 aliphatic carbocycles. The van der Waals surface area contributed by atoms with E-state index in [4.69, 9.17) is 0 Å². The molecular formula is C14H17NO3S. The zero-order valence-electron chi connectivity index (χ0n) is 10.6. The third-order valence-corrected chi connectivity index (χ3v) is 4.88. The van der Waals surface area contributed by atoms with Crippen molar-refractivity contribution in [2.45, 2.75) is 6.42 Å². The summed E-state index contributed by atoms with van der Waals surface area (Å²) in [4.78, 5) is 11.7. The molecule has 0 spiro atoms. The van der Waals surface area contributed by atoms with E-state index in [1.54, 1.807) is 0 Å². The smallest absolute Gasteiger partial charge is 0.224 e. The summed E-state index contributed by atoms with van der Waals surface area (Å²) < 4.78 is 22.5. The summed E-state index contributed by atoms with van der Waals surface area (Å²) in [6.45, 7) is 0.421. The highest BCUT2D eigenvalue weighted by Crippen LogP contribution is 2.18.